The number of rotatable bonds is 2. The van der Waals surface area contributed by atoms with Gasteiger partial charge < -0.3 is 19.8 Å². The molecule has 19 heavy (non-hydrogen) atoms. The minimum atomic E-state index is -1.43. The summed E-state index contributed by atoms with van der Waals surface area (Å²) in [6.07, 6.45) is 2.38. The topological polar surface area (TPSA) is 65.8 Å². The summed E-state index contributed by atoms with van der Waals surface area (Å²) >= 11 is 0. The van der Waals surface area contributed by atoms with E-state index in [9.17, 15) is 10.2 Å². The minimum absolute atomic E-state index is 0.595. The van der Waals surface area contributed by atoms with Gasteiger partial charge in [0.15, 0.2) is 6.29 Å². The van der Waals surface area contributed by atoms with Gasteiger partial charge in [-0.2, -0.15) is 0 Å². The molecule has 104 valence electrons. The van der Waals surface area contributed by atoms with Gasteiger partial charge in [0, 0.05) is 30.8 Å². The number of aliphatic hydroxyl groups is 2. The zero-order chi connectivity index (χ0) is 13.2. The molecule has 0 bridgehead atoms. The van der Waals surface area contributed by atoms with Crippen molar-refractivity contribution in [3.63, 3.8) is 0 Å². The summed E-state index contributed by atoms with van der Waals surface area (Å²) < 4.78 is 5.46. The number of aromatic nitrogens is 1. The van der Waals surface area contributed by atoms with Gasteiger partial charge in [-0.1, -0.05) is 0 Å². The Hall–Kier alpha value is -1.17. The van der Waals surface area contributed by atoms with Crippen molar-refractivity contribution in [1.29, 1.82) is 0 Å². The minimum Gasteiger partial charge on any atom is -0.381 e. The molecule has 2 aliphatic heterocycles. The van der Waals surface area contributed by atoms with Crippen LogP contribution in [0.5, 0.6) is 0 Å². The SMILES string of the molecule is OC(O)c1cc(N2CCCC2)nc2c1CCOCC2. The fourth-order valence-electron chi connectivity index (χ4n) is 2.91. The summed E-state index contributed by atoms with van der Waals surface area (Å²) in [5, 5.41) is 19.2. The normalized spacial score (nSPS) is 19.6. The molecule has 2 N–H and O–H groups in total. The zero-order valence-corrected chi connectivity index (χ0v) is 11.0. The van der Waals surface area contributed by atoms with Gasteiger partial charge in [0.25, 0.3) is 0 Å². The van der Waals surface area contributed by atoms with Gasteiger partial charge in [0.1, 0.15) is 5.82 Å². The summed E-state index contributed by atoms with van der Waals surface area (Å²) in [5.74, 6) is 0.876. The van der Waals surface area contributed by atoms with Crippen molar-refractivity contribution in [3.8, 4) is 0 Å². The van der Waals surface area contributed by atoms with Crippen LogP contribution in [0.15, 0.2) is 6.07 Å². The van der Waals surface area contributed by atoms with E-state index in [2.05, 4.69) is 4.90 Å². The van der Waals surface area contributed by atoms with Crippen LogP contribution in [0.2, 0.25) is 0 Å². The Bertz CT molecular complexity index is 456. The second-order valence-corrected chi connectivity index (χ2v) is 5.18. The van der Waals surface area contributed by atoms with E-state index in [1.807, 2.05) is 6.07 Å². The maximum atomic E-state index is 9.61. The summed E-state index contributed by atoms with van der Waals surface area (Å²) in [7, 11) is 0. The van der Waals surface area contributed by atoms with E-state index in [4.69, 9.17) is 9.72 Å². The zero-order valence-electron chi connectivity index (χ0n) is 11.0. The molecule has 0 amide bonds. The average molecular weight is 264 g/mol. The van der Waals surface area contributed by atoms with Crippen LogP contribution in [0.1, 0.15) is 36.0 Å². The molecule has 5 heteroatoms. The molecule has 0 radical (unpaired) electrons. The lowest BCUT2D eigenvalue weighted by molar-refractivity contribution is -0.0432. The van der Waals surface area contributed by atoms with E-state index in [1.54, 1.807) is 0 Å². The van der Waals surface area contributed by atoms with Crippen molar-refractivity contribution in [1.82, 2.24) is 4.98 Å². The van der Waals surface area contributed by atoms with Gasteiger partial charge in [0.2, 0.25) is 0 Å². The molecule has 1 aromatic rings. The smallest absolute Gasteiger partial charge is 0.178 e. The molecule has 3 heterocycles. The van der Waals surface area contributed by atoms with E-state index in [1.165, 1.54) is 12.8 Å². The van der Waals surface area contributed by atoms with Gasteiger partial charge >= 0.3 is 0 Å². The molecule has 1 fully saturated rings. The lowest BCUT2D eigenvalue weighted by Gasteiger charge is -2.21. The van der Waals surface area contributed by atoms with Crippen molar-refractivity contribution < 1.29 is 14.9 Å². The number of aliphatic hydroxyl groups excluding tert-OH is 1. The average Bonchev–Trinajstić information content (AvgIpc) is 2.83. The van der Waals surface area contributed by atoms with Gasteiger partial charge in [-0.25, -0.2) is 4.98 Å². The maximum absolute atomic E-state index is 9.61. The van der Waals surface area contributed by atoms with Crippen molar-refractivity contribution in [2.24, 2.45) is 0 Å². The molecule has 1 saturated heterocycles. The quantitative estimate of drug-likeness (QED) is 0.773. The van der Waals surface area contributed by atoms with Crippen LogP contribution in [0, 0.1) is 0 Å². The highest BCUT2D eigenvalue weighted by molar-refractivity contribution is 5.48. The first-order chi connectivity index (χ1) is 9.25. The lowest BCUT2D eigenvalue weighted by Crippen LogP contribution is -2.21. The summed E-state index contributed by atoms with van der Waals surface area (Å²) in [6, 6.07) is 1.83. The summed E-state index contributed by atoms with van der Waals surface area (Å²) in [5.41, 5.74) is 2.51. The third kappa shape index (κ3) is 2.59. The number of fused-ring (bicyclic) bond motifs is 1. The Labute approximate surface area is 112 Å². The molecule has 3 rings (SSSR count). The number of hydrogen-bond donors (Lipinski definition) is 2. The number of pyridine rings is 1. The van der Waals surface area contributed by atoms with Crippen LogP contribution >= 0.6 is 0 Å². The number of ether oxygens (including phenoxy) is 1. The molecule has 0 spiro atoms. The molecule has 1 aromatic heterocycles. The van der Waals surface area contributed by atoms with Crippen LogP contribution in [-0.2, 0) is 17.6 Å². The Morgan fingerprint density at radius 1 is 1.16 bits per heavy atom. The highest BCUT2D eigenvalue weighted by atomic mass is 16.5. The van der Waals surface area contributed by atoms with Crippen molar-refractivity contribution >= 4 is 5.82 Å². The maximum Gasteiger partial charge on any atom is 0.178 e. The van der Waals surface area contributed by atoms with E-state index in [0.29, 0.717) is 25.2 Å². The molecule has 0 unspecified atom stereocenters. The summed E-state index contributed by atoms with van der Waals surface area (Å²) in [6.45, 7) is 3.29. The highest BCUT2D eigenvalue weighted by Gasteiger charge is 2.22. The van der Waals surface area contributed by atoms with Gasteiger partial charge in [0.05, 0.1) is 13.2 Å². The first-order valence-corrected chi connectivity index (χ1v) is 6.97. The number of hydrogen-bond acceptors (Lipinski definition) is 5. The standard InChI is InChI=1S/C14H20N2O3/c17-14(18)11-9-13(16-5-1-2-6-16)15-12-4-8-19-7-3-10(11)12/h9,14,17-18H,1-8H2. The third-order valence-electron chi connectivity index (χ3n) is 3.92. The van der Waals surface area contributed by atoms with Crippen molar-refractivity contribution in [2.45, 2.75) is 32.0 Å². The van der Waals surface area contributed by atoms with Crippen molar-refractivity contribution in [3.05, 3.63) is 22.9 Å². The molecule has 5 nitrogen and oxygen atoms in total. The molecular formula is C14H20N2O3. The van der Waals surface area contributed by atoms with Crippen LogP contribution < -0.4 is 4.90 Å². The number of nitrogens with zero attached hydrogens (tertiary/aromatic N) is 2. The molecule has 0 saturated carbocycles. The second-order valence-electron chi connectivity index (χ2n) is 5.18. The van der Waals surface area contributed by atoms with Gasteiger partial charge in [-0.05, 0) is 30.9 Å². The Morgan fingerprint density at radius 3 is 2.63 bits per heavy atom. The van der Waals surface area contributed by atoms with Crippen molar-refractivity contribution in [2.75, 3.05) is 31.2 Å². The third-order valence-corrected chi connectivity index (χ3v) is 3.92. The van der Waals surface area contributed by atoms with Gasteiger partial charge in [-0.3, -0.25) is 0 Å². The Kier molecular flexibility index (Phi) is 3.68. The fraction of sp³-hybridized carbons (Fsp3) is 0.643. The Balaban J connectivity index is 2.02. The predicted octanol–water partition coefficient (Wildman–Crippen LogP) is 0.780. The first kappa shape index (κ1) is 12.8. The van der Waals surface area contributed by atoms with Crippen LogP contribution in [0.3, 0.4) is 0 Å². The van der Waals surface area contributed by atoms with E-state index >= 15 is 0 Å². The fourth-order valence-corrected chi connectivity index (χ4v) is 2.91. The largest absolute Gasteiger partial charge is 0.381 e. The monoisotopic (exact) mass is 264 g/mol. The second kappa shape index (κ2) is 5.45. The van der Waals surface area contributed by atoms with Crippen LogP contribution in [0.25, 0.3) is 0 Å². The molecule has 0 aliphatic carbocycles. The lowest BCUT2D eigenvalue weighted by atomic mass is 10.0. The van der Waals surface area contributed by atoms with E-state index in [-0.39, 0.29) is 0 Å². The highest BCUT2D eigenvalue weighted by Crippen LogP contribution is 2.28. The molecule has 0 atom stereocenters. The number of anilines is 1. The molecule has 2 aliphatic rings. The van der Waals surface area contributed by atoms with Crippen LogP contribution in [-0.4, -0.2) is 41.5 Å². The molecule has 0 aromatic carbocycles. The van der Waals surface area contributed by atoms with E-state index < -0.39 is 6.29 Å². The van der Waals surface area contributed by atoms with E-state index in [0.717, 1.165) is 36.6 Å². The summed E-state index contributed by atoms with van der Waals surface area (Å²) in [4.78, 5) is 6.94. The molecular weight excluding hydrogens is 244 g/mol. The Morgan fingerprint density at radius 2 is 1.89 bits per heavy atom. The predicted molar refractivity (Wildman–Crippen MR) is 71.1 cm³/mol. The van der Waals surface area contributed by atoms with Gasteiger partial charge in [-0.15, -0.1) is 0 Å². The first-order valence-electron chi connectivity index (χ1n) is 6.97. The van der Waals surface area contributed by atoms with Crippen LogP contribution in [0.4, 0.5) is 5.82 Å².